The molecule has 1 fully saturated rings. The first-order valence-electron chi connectivity index (χ1n) is 6.76. The Morgan fingerprint density at radius 2 is 2.20 bits per heavy atom. The molecule has 1 N–H and O–H groups in total. The average molecular weight is 212 g/mol. The number of nitrogens with zero attached hydrogens (tertiary/aromatic N) is 1. The summed E-state index contributed by atoms with van der Waals surface area (Å²) in [5.74, 6) is 0. The summed E-state index contributed by atoms with van der Waals surface area (Å²) < 4.78 is 0. The molecule has 0 saturated carbocycles. The van der Waals surface area contributed by atoms with Crippen LogP contribution >= 0.6 is 0 Å². The number of unbranched alkanes of at least 4 members (excludes halogenated alkanes) is 1. The van der Waals surface area contributed by atoms with Crippen molar-refractivity contribution in [3.05, 3.63) is 0 Å². The largest absolute Gasteiger partial charge is 0.315 e. The van der Waals surface area contributed by atoms with Gasteiger partial charge < -0.3 is 5.32 Å². The van der Waals surface area contributed by atoms with Crippen LogP contribution < -0.4 is 5.32 Å². The predicted molar refractivity (Wildman–Crippen MR) is 67.3 cm³/mol. The number of hydrogen-bond acceptors (Lipinski definition) is 2. The standard InChI is InChI=1S/C13H28N2/c1-4-6-9-14-11-12(3)15-10-7-8-13(15)5-2/h12-14H,4-11H2,1-3H3. The Labute approximate surface area is 95.4 Å². The van der Waals surface area contributed by atoms with Gasteiger partial charge in [0.25, 0.3) is 0 Å². The first kappa shape index (κ1) is 13.0. The summed E-state index contributed by atoms with van der Waals surface area (Å²) in [6.07, 6.45) is 6.74. The van der Waals surface area contributed by atoms with Crippen LogP contribution in [0.15, 0.2) is 0 Å². The van der Waals surface area contributed by atoms with Crippen molar-refractivity contribution in [2.75, 3.05) is 19.6 Å². The maximum Gasteiger partial charge on any atom is 0.0195 e. The van der Waals surface area contributed by atoms with Gasteiger partial charge in [-0.3, -0.25) is 4.90 Å². The third-order valence-electron chi connectivity index (χ3n) is 3.61. The molecule has 2 atom stereocenters. The predicted octanol–water partition coefficient (Wildman–Crippen LogP) is 2.64. The van der Waals surface area contributed by atoms with Crippen LogP contribution in [0.5, 0.6) is 0 Å². The van der Waals surface area contributed by atoms with Crippen LogP contribution in [0.1, 0.15) is 52.9 Å². The highest BCUT2D eigenvalue weighted by Crippen LogP contribution is 2.21. The molecular weight excluding hydrogens is 184 g/mol. The number of rotatable bonds is 7. The van der Waals surface area contributed by atoms with Crippen molar-refractivity contribution in [2.24, 2.45) is 0 Å². The highest BCUT2D eigenvalue weighted by molar-refractivity contribution is 4.82. The van der Waals surface area contributed by atoms with Gasteiger partial charge in [-0.2, -0.15) is 0 Å². The van der Waals surface area contributed by atoms with Gasteiger partial charge in [0.15, 0.2) is 0 Å². The molecule has 0 amide bonds. The molecule has 1 saturated heterocycles. The second-order valence-electron chi connectivity index (χ2n) is 4.85. The zero-order valence-electron chi connectivity index (χ0n) is 10.8. The summed E-state index contributed by atoms with van der Waals surface area (Å²) in [6.45, 7) is 10.6. The summed E-state index contributed by atoms with van der Waals surface area (Å²) in [4.78, 5) is 2.69. The molecule has 0 aromatic rings. The van der Waals surface area contributed by atoms with E-state index < -0.39 is 0 Å². The Hall–Kier alpha value is -0.0800. The van der Waals surface area contributed by atoms with Crippen molar-refractivity contribution in [1.29, 1.82) is 0 Å². The van der Waals surface area contributed by atoms with E-state index in [0.29, 0.717) is 6.04 Å². The highest BCUT2D eigenvalue weighted by atomic mass is 15.2. The van der Waals surface area contributed by atoms with Gasteiger partial charge in [0.1, 0.15) is 0 Å². The molecule has 2 nitrogen and oxygen atoms in total. The van der Waals surface area contributed by atoms with Gasteiger partial charge >= 0.3 is 0 Å². The van der Waals surface area contributed by atoms with E-state index in [-0.39, 0.29) is 0 Å². The molecule has 1 aliphatic heterocycles. The fourth-order valence-corrected chi connectivity index (χ4v) is 2.61. The summed E-state index contributed by atoms with van der Waals surface area (Å²) in [5, 5.41) is 3.57. The number of likely N-dealkylation sites (tertiary alicyclic amines) is 1. The Balaban J connectivity index is 2.17. The Morgan fingerprint density at radius 3 is 2.87 bits per heavy atom. The van der Waals surface area contributed by atoms with Crippen LogP contribution in [0, 0.1) is 0 Å². The molecule has 0 aliphatic carbocycles. The molecule has 2 unspecified atom stereocenters. The minimum absolute atomic E-state index is 0.717. The second kappa shape index (κ2) is 7.24. The zero-order chi connectivity index (χ0) is 11.1. The molecular formula is C13H28N2. The molecule has 0 spiro atoms. The van der Waals surface area contributed by atoms with Crippen molar-refractivity contribution in [2.45, 2.75) is 65.0 Å². The maximum absolute atomic E-state index is 3.57. The number of nitrogens with one attached hydrogen (secondary N) is 1. The Bertz CT molecular complexity index is 159. The lowest BCUT2D eigenvalue weighted by Crippen LogP contribution is -2.43. The molecule has 0 bridgehead atoms. The fraction of sp³-hybridized carbons (Fsp3) is 1.00. The van der Waals surface area contributed by atoms with Crippen LogP contribution in [-0.4, -0.2) is 36.6 Å². The van der Waals surface area contributed by atoms with Gasteiger partial charge in [0.2, 0.25) is 0 Å². The number of hydrogen-bond donors (Lipinski definition) is 1. The van der Waals surface area contributed by atoms with Crippen LogP contribution in [0.25, 0.3) is 0 Å². The monoisotopic (exact) mass is 212 g/mol. The lowest BCUT2D eigenvalue weighted by atomic mass is 10.1. The first-order valence-corrected chi connectivity index (χ1v) is 6.76. The minimum atomic E-state index is 0.717. The van der Waals surface area contributed by atoms with E-state index in [1.54, 1.807) is 0 Å². The van der Waals surface area contributed by atoms with E-state index >= 15 is 0 Å². The molecule has 1 heterocycles. The van der Waals surface area contributed by atoms with Crippen LogP contribution in [0.4, 0.5) is 0 Å². The fourth-order valence-electron chi connectivity index (χ4n) is 2.61. The molecule has 0 radical (unpaired) electrons. The van der Waals surface area contributed by atoms with E-state index in [2.05, 4.69) is 31.0 Å². The highest BCUT2D eigenvalue weighted by Gasteiger charge is 2.26. The third-order valence-corrected chi connectivity index (χ3v) is 3.61. The smallest absolute Gasteiger partial charge is 0.0195 e. The third kappa shape index (κ3) is 4.12. The molecule has 0 aromatic heterocycles. The van der Waals surface area contributed by atoms with Gasteiger partial charge in [-0.1, -0.05) is 20.3 Å². The zero-order valence-corrected chi connectivity index (χ0v) is 10.8. The van der Waals surface area contributed by atoms with Gasteiger partial charge in [0, 0.05) is 18.6 Å². The molecule has 1 aliphatic rings. The molecule has 2 heteroatoms. The van der Waals surface area contributed by atoms with E-state index in [9.17, 15) is 0 Å². The molecule has 90 valence electrons. The first-order chi connectivity index (χ1) is 7.29. The topological polar surface area (TPSA) is 15.3 Å². The normalized spacial score (nSPS) is 24.6. The molecule has 1 rings (SSSR count). The minimum Gasteiger partial charge on any atom is -0.315 e. The van der Waals surface area contributed by atoms with Crippen LogP contribution in [0.2, 0.25) is 0 Å². The van der Waals surface area contributed by atoms with Gasteiger partial charge in [-0.25, -0.2) is 0 Å². The Morgan fingerprint density at radius 1 is 1.40 bits per heavy atom. The van der Waals surface area contributed by atoms with Gasteiger partial charge in [-0.15, -0.1) is 0 Å². The summed E-state index contributed by atoms with van der Waals surface area (Å²) in [5.41, 5.74) is 0. The lowest BCUT2D eigenvalue weighted by molar-refractivity contribution is 0.183. The van der Waals surface area contributed by atoms with Crippen molar-refractivity contribution < 1.29 is 0 Å². The van der Waals surface area contributed by atoms with Crippen LogP contribution in [-0.2, 0) is 0 Å². The van der Waals surface area contributed by atoms with Gasteiger partial charge in [0.05, 0.1) is 0 Å². The van der Waals surface area contributed by atoms with Crippen molar-refractivity contribution in [3.63, 3.8) is 0 Å². The average Bonchev–Trinajstić information content (AvgIpc) is 2.72. The van der Waals surface area contributed by atoms with Crippen molar-refractivity contribution in [3.8, 4) is 0 Å². The molecule has 15 heavy (non-hydrogen) atoms. The van der Waals surface area contributed by atoms with E-state index in [1.807, 2.05) is 0 Å². The summed E-state index contributed by atoms with van der Waals surface area (Å²) >= 11 is 0. The van der Waals surface area contributed by atoms with E-state index in [1.165, 1.54) is 45.2 Å². The summed E-state index contributed by atoms with van der Waals surface area (Å²) in [6, 6.07) is 1.57. The maximum atomic E-state index is 3.57. The summed E-state index contributed by atoms with van der Waals surface area (Å²) in [7, 11) is 0. The SMILES string of the molecule is CCCCNCC(C)N1CCCC1CC. The lowest BCUT2D eigenvalue weighted by Gasteiger charge is -2.30. The van der Waals surface area contributed by atoms with Crippen molar-refractivity contribution in [1.82, 2.24) is 10.2 Å². The van der Waals surface area contributed by atoms with Gasteiger partial charge in [-0.05, 0) is 45.7 Å². The molecule has 0 aromatic carbocycles. The quantitative estimate of drug-likeness (QED) is 0.653. The Kier molecular flexibility index (Phi) is 6.26. The second-order valence-corrected chi connectivity index (χ2v) is 4.85. The van der Waals surface area contributed by atoms with E-state index in [4.69, 9.17) is 0 Å². The van der Waals surface area contributed by atoms with E-state index in [0.717, 1.165) is 12.6 Å². The van der Waals surface area contributed by atoms with Crippen LogP contribution in [0.3, 0.4) is 0 Å². The van der Waals surface area contributed by atoms with Crippen molar-refractivity contribution >= 4 is 0 Å².